The van der Waals surface area contributed by atoms with Gasteiger partial charge in [-0.25, -0.2) is 8.78 Å². The lowest BCUT2D eigenvalue weighted by Crippen LogP contribution is -2.43. The maximum atomic E-state index is 15.3. The predicted octanol–water partition coefficient (Wildman–Crippen LogP) is 9.96. The molecule has 0 unspecified atom stereocenters. The van der Waals surface area contributed by atoms with Gasteiger partial charge >= 0.3 is 17.9 Å². The number of benzene rings is 2. The molecule has 14 heteroatoms. The molecule has 0 radical (unpaired) electrons. The molecule has 0 aliphatic rings. The van der Waals surface area contributed by atoms with Crippen molar-refractivity contribution in [3.63, 3.8) is 0 Å². The molecular weight excluding hydrogens is 807 g/mol. The first kappa shape index (κ1) is 50.1. The average Bonchev–Trinajstić information content (AvgIpc) is 3.53. The maximum absolute atomic E-state index is 15.3. The van der Waals surface area contributed by atoms with Crippen LogP contribution in [0.5, 0.6) is 0 Å². The van der Waals surface area contributed by atoms with Gasteiger partial charge in [0.2, 0.25) is 5.91 Å². The number of ether oxygens (including phenoxy) is 2. The number of amides is 1. The Morgan fingerprint density at radius 3 is 2.18 bits per heavy atom. The molecule has 2 atom stereocenters. The lowest BCUT2D eigenvalue weighted by molar-refractivity contribution is -0.155. The lowest BCUT2D eigenvalue weighted by Gasteiger charge is -2.41. The van der Waals surface area contributed by atoms with E-state index < -0.39 is 60.4 Å². The van der Waals surface area contributed by atoms with E-state index in [2.05, 4.69) is 19.6 Å². The first-order valence-electron chi connectivity index (χ1n) is 20.6. The van der Waals surface area contributed by atoms with Crippen molar-refractivity contribution < 1.29 is 47.3 Å². The molecule has 330 valence electrons. The fraction of sp³-hybridized carbons (Fsp3) is 0.543. The third-order valence-electron chi connectivity index (χ3n) is 9.64. The van der Waals surface area contributed by atoms with E-state index in [1.54, 1.807) is 37.9 Å². The van der Waals surface area contributed by atoms with Crippen molar-refractivity contribution in [2.45, 2.75) is 124 Å². The van der Waals surface area contributed by atoms with Crippen molar-refractivity contribution in [3.8, 4) is 11.1 Å². The van der Waals surface area contributed by atoms with Crippen LogP contribution in [0.15, 0.2) is 60.8 Å². The Morgan fingerprint density at radius 1 is 0.883 bits per heavy atom. The van der Waals surface area contributed by atoms with Gasteiger partial charge in [0.15, 0.2) is 0 Å². The molecular formula is C46H64F2N2O8SSi. The number of thioether (sulfide) groups is 1. The van der Waals surface area contributed by atoms with Gasteiger partial charge in [-0.15, -0.1) is 0 Å². The molecule has 3 aromatic rings. The number of esters is 2. The summed E-state index contributed by atoms with van der Waals surface area (Å²) in [6.07, 6.45) is 2.25. The summed E-state index contributed by atoms with van der Waals surface area (Å²) >= 11 is 1.11. The van der Waals surface area contributed by atoms with Crippen molar-refractivity contribution in [1.82, 2.24) is 9.47 Å². The molecule has 3 rings (SSSR count). The van der Waals surface area contributed by atoms with Crippen molar-refractivity contribution in [2.24, 2.45) is 11.3 Å². The molecule has 1 heterocycles. The van der Waals surface area contributed by atoms with Gasteiger partial charge < -0.3 is 24.0 Å². The number of carbonyl (C=O) groups is 5. The molecule has 0 saturated heterocycles. The smallest absolute Gasteiger partial charge is 0.307 e. The van der Waals surface area contributed by atoms with Gasteiger partial charge in [-0.2, -0.15) is 11.8 Å². The monoisotopic (exact) mass is 870 g/mol. The number of aliphatic carboxylic acids is 1. The number of carboxylic acids is 1. The first-order valence-corrected chi connectivity index (χ1v) is 25.5. The van der Waals surface area contributed by atoms with E-state index >= 15 is 4.39 Å². The van der Waals surface area contributed by atoms with Gasteiger partial charge in [0, 0.05) is 69.2 Å². The van der Waals surface area contributed by atoms with Gasteiger partial charge in [0.25, 0.3) is 0 Å². The predicted molar refractivity (Wildman–Crippen MR) is 235 cm³/mol. The Labute approximate surface area is 359 Å². The minimum atomic E-state index is -1.39. The highest BCUT2D eigenvalue weighted by Gasteiger charge is 2.37. The van der Waals surface area contributed by atoms with Crippen molar-refractivity contribution in [1.29, 1.82) is 0 Å². The molecule has 10 nitrogen and oxygen atoms in total. The van der Waals surface area contributed by atoms with Crippen LogP contribution in [0.3, 0.4) is 0 Å². The van der Waals surface area contributed by atoms with Gasteiger partial charge in [0.05, 0.1) is 30.7 Å². The Balaban J connectivity index is 1.93. The van der Waals surface area contributed by atoms with Crippen molar-refractivity contribution in [2.75, 3.05) is 24.7 Å². The molecule has 1 N–H and O–H groups in total. The zero-order chi connectivity index (χ0) is 44.8. The average molecular weight is 871 g/mol. The molecule has 2 aromatic carbocycles. The minimum Gasteiger partial charge on any atom is -0.481 e. The van der Waals surface area contributed by atoms with Gasteiger partial charge in [-0.1, -0.05) is 70.7 Å². The summed E-state index contributed by atoms with van der Waals surface area (Å²) in [5, 5.41) is 10.00. The van der Waals surface area contributed by atoms with Gasteiger partial charge in [0.1, 0.15) is 23.0 Å². The van der Waals surface area contributed by atoms with E-state index in [0.29, 0.717) is 37.3 Å². The van der Waals surface area contributed by atoms with Crippen molar-refractivity contribution >= 4 is 49.4 Å². The second kappa shape index (κ2) is 22.5. The summed E-state index contributed by atoms with van der Waals surface area (Å²) in [5.74, 6) is -5.10. The number of ketones is 1. The molecule has 0 fully saturated rings. The normalized spacial score (nSPS) is 13.1. The zero-order valence-electron chi connectivity index (χ0n) is 36.8. The Hall–Kier alpha value is -4.30. The molecule has 0 spiro atoms. The van der Waals surface area contributed by atoms with Crippen LogP contribution in [0.4, 0.5) is 8.78 Å². The number of hydrogen-bond donors (Lipinski definition) is 1. The van der Waals surface area contributed by atoms with Gasteiger partial charge in [-0.3, -0.25) is 24.0 Å². The fourth-order valence-electron chi connectivity index (χ4n) is 6.70. The summed E-state index contributed by atoms with van der Waals surface area (Å²) < 4.78 is 42.5. The second-order valence-electron chi connectivity index (χ2n) is 18.6. The summed E-state index contributed by atoms with van der Waals surface area (Å²) in [6, 6.07) is 15.0. The maximum Gasteiger partial charge on any atom is 0.307 e. The van der Waals surface area contributed by atoms with Crippen LogP contribution in [0.1, 0.15) is 97.4 Å². The number of aromatic nitrogens is 1. The van der Waals surface area contributed by atoms with Crippen LogP contribution in [0, 0.1) is 23.0 Å². The quantitative estimate of drug-likeness (QED) is 0.0562. The standard InChI is InChI=1S/C46H64F2N2O8SSi/c1-45(2,3)43(39-26-33(37-27-35(47)18-20-38(37)48)29-49(39)28-32-15-11-10-12-16-32)50(22-14-13-17-41(53)57-23-24-60(7,8)9)40(52)31-59-30-34(44(55)56)25-36(51)19-21-42(54)58-46(4,5)6/h10-12,15-16,18,20,26-27,29,34,43H,13-14,17,19,21-25,28,30-31H2,1-9H3,(H,55,56)/t34-,43-/m0/s1. The van der Waals surface area contributed by atoms with Crippen LogP contribution >= 0.6 is 11.8 Å². The first-order chi connectivity index (χ1) is 27.9. The van der Waals surface area contributed by atoms with Crippen LogP contribution < -0.4 is 0 Å². The summed E-state index contributed by atoms with van der Waals surface area (Å²) in [6.45, 7) is 18.8. The second-order valence-corrected chi connectivity index (χ2v) is 25.3. The van der Waals surface area contributed by atoms with E-state index in [1.165, 1.54) is 0 Å². The molecule has 60 heavy (non-hydrogen) atoms. The van der Waals surface area contributed by atoms with E-state index in [1.807, 2.05) is 55.7 Å². The largest absolute Gasteiger partial charge is 0.481 e. The SMILES string of the molecule is CC(C)(C)OC(=O)CCC(=O)C[C@@H](CSCC(=O)N(CCCCC(=O)OCC[Si](C)(C)C)[C@@H](c1cc(-c2cc(F)ccc2F)cn1Cc1ccccc1)C(C)(C)C)C(=O)O. The highest BCUT2D eigenvalue weighted by molar-refractivity contribution is 7.99. The van der Waals surface area contributed by atoms with Crippen LogP contribution in [-0.4, -0.2) is 82.5 Å². The zero-order valence-corrected chi connectivity index (χ0v) is 38.6. The highest BCUT2D eigenvalue weighted by Crippen LogP contribution is 2.41. The number of halogens is 2. The number of carbonyl (C=O) groups excluding carboxylic acids is 4. The van der Waals surface area contributed by atoms with Crippen LogP contribution in [0.2, 0.25) is 25.7 Å². The summed E-state index contributed by atoms with van der Waals surface area (Å²) in [4.78, 5) is 66.1. The number of unbranched alkanes of at least 4 members (excludes halogenated alkanes) is 1. The summed E-state index contributed by atoms with van der Waals surface area (Å²) in [5.41, 5.74) is 0.846. The Kier molecular flexibility index (Phi) is 18.8. The molecule has 0 aliphatic heterocycles. The highest BCUT2D eigenvalue weighted by atomic mass is 32.2. The fourth-order valence-corrected chi connectivity index (χ4v) is 8.42. The van der Waals surface area contributed by atoms with Crippen LogP contribution in [0.25, 0.3) is 11.1 Å². The number of nitrogens with zero attached hydrogens (tertiary/aromatic N) is 2. The number of Topliss-reactive ketones (excluding diaryl/α,β-unsaturated/α-hetero) is 1. The molecule has 1 aromatic heterocycles. The van der Waals surface area contributed by atoms with E-state index in [4.69, 9.17) is 9.47 Å². The molecule has 0 aliphatic carbocycles. The third-order valence-corrected chi connectivity index (χ3v) is 12.4. The van der Waals surface area contributed by atoms with Crippen LogP contribution in [-0.2, 0) is 40.0 Å². The Bertz CT molecular complexity index is 1920. The number of carboxylic acid groups (broad SMARTS) is 1. The topological polar surface area (TPSA) is 132 Å². The molecule has 0 saturated carbocycles. The van der Waals surface area contributed by atoms with E-state index in [-0.39, 0.29) is 61.2 Å². The molecule has 0 bridgehead atoms. The molecule has 1 amide bonds. The number of rotatable bonds is 23. The van der Waals surface area contributed by atoms with E-state index in [9.17, 15) is 33.5 Å². The lowest BCUT2D eigenvalue weighted by atomic mass is 9.83. The van der Waals surface area contributed by atoms with E-state index in [0.717, 1.165) is 41.6 Å². The van der Waals surface area contributed by atoms with Gasteiger partial charge in [-0.05, 0) is 74.9 Å². The minimum absolute atomic E-state index is 0.0239. The number of hydrogen-bond acceptors (Lipinski definition) is 8. The summed E-state index contributed by atoms with van der Waals surface area (Å²) in [7, 11) is -1.39. The third kappa shape index (κ3) is 17.4. The Morgan fingerprint density at radius 2 is 1.57 bits per heavy atom. The van der Waals surface area contributed by atoms with Crippen molar-refractivity contribution in [3.05, 3.63) is 83.7 Å².